The number of rotatable bonds is 6. The number of allylic oxidation sites excluding steroid dienone is 3. The number of aryl methyl sites for hydroxylation is 3. The molecule has 0 bridgehead atoms. The van der Waals surface area contributed by atoms with Gasteiger partial charge in [0.05, 0.1) is 10.7 Å². The summed E-state index contributed by atoms with van der Waals surface area (Å²) in [5.74, 6) is 3.70. The van der Waals surface area contributed by atoms with Crippen molar-refractivity contribution in [3.05, 3.63) is 75.6 Å². The van der Waals surface area contributed by atoms with Crippen LogP contribution in [0.5, 0.6) is 0 Å². The van der Waals surface area contributed by atoms with Crippen LogP contribution in [0.3, 0.4) is 0 Å². The summed E-state index contributed by atoms with van der Waals surface area (Å²) in [7, 11) is 0. The molecule has 0 spiro atoms. The molecule has 1 aromatic heterocycles. The van der Waals surface area contributed by atoms with E-state index in [1.165, 1.54) is 0 Å². The highest BCUT2D eigenvalue weighted by atomic mass is 35.5. The minimum atomic E-state index is 0.0993. The summed E-state index contributed by atoms with van der Waals surface area (Å²) < 4.78 is 0. The summed E-state index contributed by atoms with van der Waals surface area (Å²) in [4.78, 5) is 24.7. The van der Waals surface area contributed by atoms with E-state index in [9.17, 15) is 4.79 Å². The molecule has 0 saturated carbocycles. The predicted molar refractivity (Wildman–Crippen MR) is 158 cm³/mol. The zero-order valence-electron chi connectivity index (χ0n) is 22.9. The lowest BCUT2D eigenvalue weighted by molar-refractivity contribution is 0.0746. The number of aromatic nitrogens is 1. The Labute approximate surface area is 232 Å². The third-order valence-electron chi connectivity index (χ3n) is 7.48. The molecule has 7 heteroatoms. The van der Waals surface area contributed by atoms with Crippen LogP contribution in [0.4, 0.5) is 11.5 Å². The first-order chi connectivity index (χ1) is 18.3. The lowest BCUT2D eigenvalue weighted by atomic mass is 9.99. The van der Waals surface area contributed by atoms with Gasteiger partial charge in [-0.25, -0.2) is 4.98 Å². The van der Waals surface area contributed by atoms with E-state index < -0.39 is 0 Å². The van der Waals surface area contributed by atoms with Crippen LogP contribution < -0.4 is 10.2 Å². The number of piperazine rings is 1. The van der Waals surface area contributed by atoms with Crippen molar-refractivity contribution in [1.82, 2.24) is 14.8 Å². The molecule has 0 radical (unpaired) electrons. The molecule has 2 fully saturated rings. The standard InChI is InChI=1S/C31H38ClN5O/c1-6-9-29(27(32)7-2)35-14-12-25(13-15-35)34-28-21-26(22(3)20-23(28)4)31(38)37-18-16-36(17-19-37)30-11-8-10-24(5)33-30/h1,7-11,20-21,25,34H,12-19H2,2-5H3/b27-7+,29-9+. The lowest BCUT2D eigenvalue weighted by Crippen LogP contribution is -2.49. The molecule has 2 saturated heterocycles. The van der Waals surface area contributed by atoms with E-state index in [0.717, 1.165) is 78.6 Å². The average Bonchev–Trinajstić information content (AvgIpc) is 2.93. The first-order valence-corrected chi connectivity index (χ1v) is 13.8. The minimum absolute atomic E-state index is 0.0993. The fraction of sp³-hybridized carbons (Fsp3) is 0.419. The van der Waals surface area contributed by atoms with Crippen LogP contribution in [-0.2, 0) is 0 Å². The second kappa shape index (κ2) is 12.4. The number of hydrogen-bond donors (Lipinski definition) is 1. The Bertz CT molecular complexity index is 1260. The van der Waals surface area contributed by atoms with Crippen LogP contribution >= 0.6 is 11.6 Å². The smallest absolute Gasteiger partial charge is 0.254 e. The SMILES string of the molecule is C#C/C=C(\C(Cl)=C/C)N1CCC(Nc2cc(C(=O)N3CCN(c4cccc(C)n4)CC3)c(C)cc2C)CC1. The number of hydrogen-bond acceptors (Lipinski definition) is 5. The number of amides is 1. The second-order valence-corrected chi connectivity index (χ2v) is 10.5. The highest BCUT2D eigenvalue weighted by Crippen LogP contribution is 2.28. The van der Waals surface area contributed by atoms with Crippen LogP contribution in [0.15, 0.2) is 53.2 Å². The van der Waals surface area contributed by atoms with Crippen molar-refractivity contribution < 1.29 is 4.79 Å². The molecule has 2 aromatic rings. The van der Waals surface area contributed by atoms with E-state index in [1.54, 1.807) is 6.08 Å². The topological polar surface area (TPSA) is 51.7 Å². The molecule has 1 aromatic carbocycles. The van der Waals surface area contributed by atoms with Crippen molar-refractivity contribution in [3.63, 3.8) is 0 Å². The number of nitrogens with zero attached hydrogens (tertiary/aromatic N) is 4. The van der Waals surface area contributed by atoms with Gasteiger partial charge in [-0.05, 0) is 69.9 Å². The van der Waals surface area contributed by atoms with Gasteiger partial charge in [-0.2, -0.15) is 0 Å². The molecule has 2 aliphatic heterocycles. The number of halogens is 1. The Morgan fingerprint density at radius 2 is 1.76 bits per heavy atom. The monoisotopic (exact) mass is 531 g/mol. The number of pyridine rings is 1. The van der Waals surface area contributed by atoms with Crippen LogP contribution in [0.2, 0.25) is 0 Å². The summed E-state index contributed by atoms with van der Waals surface area (Å²) in [5, 5.41) is 4.41. The fourth-order valence-corrected chi connectivity index (χ4v) is 5.45. The largest absolute Gasteiger partial charge is 0.382 e. The van der Waals surface area contributed by atoms with Gasteiger partial charge >= 0.3 is 0 Å². The third-order valence-corrected chi connectivity index (χ3v) is 7.89. The Kier molecular flexibility index (Phi) is 9.01. The summed E-state index contributed by atoms with van der Waals surface area (Å²) in [5.41, 5.74) is 5.89. The van der Waals surface area contributed by atoms with Crippen LogP contribution in [0, 0.1) is 33.1 Å². The number of nitrogens with one attached hydrogen (secondary N) is 1. The number of carbonyl (C=O) groups is 1. The third kappa shape index (κ3) is 6.34. The molecular weight excluding hydrogens is 494 g/mol. The first-order valence-electron chi connectivity index (χ1n) is 13.4. The molecule has 1 N–H and O–H groups in total. The molecule has 2 aliphatic rings. The highest BCUT2D eigenvalue weighted by molar-refractivity contribution is 6.31. The summed E-state index contributed by atoms with van der Waals surface area (Å²) in [6, 6.07) is 10.6. The molecule has 6 nitrogen and oxygen atoms in total. The fourth-order valence-electron chi connectivity index (χ4n) is 5.27. The summed E-state index contributed by atoms with van der Waals surface area (Å²) >= 11 is 6.40. The maximum Gasteiger partial charge on any atom is 0.254 e. The van der Waals surface area contributed by atoms with E-state index in [0.29, 0.717) is 24.2 Å². The van der Waals surface area contributed by atoms with E-state index >= 15 is 0 Å². The van der Waals surface area contributed by atoms with Gasteiger partial charge < -0.3 is 20.0 Å². The van der Waals surface area contributed by atoms with Gasteiger partial charge in [-0.15, -0.1) is 6.42 Å². The van der Waals surface area contributed by atoms with E-state index in [4.69, 9.17) is 18.0 Å². The molecular formula is C31H38ClN5O. The van der Waals surface area contributed by atoms with Gasteiger partial charge in [0, 0.05) is 68.3 Å². The Morgan fingerprint density at radius 3 is 2.39 bits per heavy atom. The van der Waals surface area contributed by atoms with E-state index in [2.05, 4.69) is 39.0 Å². The number of carbonyl (C=O) groups excluding carboxylic acids is 1. The van der Waals surface area contributed by atoms with Crippen molar-refractivity contribution in [2.75, 3.05) is 49.5 Å². The number of anilines is 2. The Hall–Kier alpha value is -3.43. The average molecular weight is 532 g/mol. The van der Waals surface area contributed by atoms with Crippen molar-refractivity contribution in [2.45, 2.75) is 46.6 Å². The number of piperidine rings is 1. The molecule has 38 heavy (non-hydrogen) atoms. The Balaban J connectivity index is 1.40. The minimum Gasteiger partial charge on any atom is -0.382 e. The van der Waals surface area contributed by atoms with Crippen molar-refractivity contribution in [3.8, 4) is 12.3 Å². The predicted octanol–water partition coefficient (Wildman–Crippen LogP) is 5.51. The van der Waals surface area contributed by atoms with Crippen molar-refractivity contribution >= 4 is 29.0 Å². The molecule has 0 aliphatic carbocycles. The van der Waals surface area contributed by atoms with Crippen LogP contribution in [0.25, 0.3) is 0 Å². The quantitative estimate of drug-likeness (QED) is 0.394. The zero-order chi connectivity index (χ0) is 27.2. The normalized spacial score (nSPS) is 17.4. The molecule has 3 heterocycles. The van der Waals surface area contributed by atoms with Gasteiger partial charge in [-0.3, -0.25) is 4.79 Å². The van der Waals surface area contributed by atoms with Crippen LogP contribution in [0.1, 0.15) is 46.9 Å². The molecule has 0 unspecified atom stereocenters. The van der Waals surface area contributed by atoms with Gasteiger partial charge in [0.1, 0.15) is 5.82 Å². The maximum atomic E-state index is 13.6. The Morgan fingerprint density at radius 1 is 1.05 bits per heavy atom. The summed E-state index contributed by atoms with van der Waals surface area (Å²) in [6.45, 7) is 12.7. The number of terminal acetylenes is 1. The second-order valence-electron chi connectivity index (χ2n) is 10.1. The van der Waals surface area contributed by atoms with Crippen LogP contribution in [-0.4, -0.2) is 66.0 Å². The maximum absolute atomic E-state index is 13.6. The highest BCUT2D eigenvalue weighted by Gasteiger charge is 2.26. The van der Waals surface area contributed by atoms with Gasteiger partial charge in [0.25, 0.3) is 5.91 Å². The molecule has 4 rings (SSSR count). The van der Waals surface area contributed by atoms with Gasteiger partial charge in [0.2, 0.25) is 0 Å². The molecule has 0 atom stereocenters. The first kappa shape index (κ1) is 27.6. The van der Waals surface area contributed by atoms with Gasteiger partial charge in [0.15, 0.2) is 0 Å². The zero-order valence-corrected chi connectivity index (χ0v) is 23.7. The molecule has 1 amide bonds. The van der Waals surface area contributed by atoms with Crippen molar-refractivity contribution in [1.29, 1.82) is 0 Å². The lowest BCUT2D eigenvalue weighted by Gasteiger charge is -2.36. The number of benzene rings is 1. The summed E-state index contributed by atoms with van der Waals surface area (Å²) in [6.07, 6.45) is 11.1. The van der Waals surface area contributed by atoms with Gasteiger partial charge in [-0.1, -0.05) is 35.7 Å². The van der Waals surface area contributed by atoms with Crippen molar-refractivity contribution in [2.24, 2.45) is 0 Å². The van der Waals surface area contributed by atoms with E-state index in [-0.39, 0.29) is 5.91 Å². The van der Waals surface area contributed by atoms with E-state index in [1.807, 2.05) is 56.0 Å². The molecule has 200 valence electrons. The number of likely N-dealkylation sites (tertiary alicyclic amines) is 1.